The van der Waals surface area contributed by atoms with Gasteiger partial charge in [0, 0.05) is 43.4 Å². The zero-order valence-corrected chi connectivity index (χ0v) is 14.4. The van der Waals surface area contributed by atoms with Crippen LogP contribution in [0.1, 0.15) is 27.2 Å². The van der Waals surface area contributed by atoms with E-state index in [0.717, 1.165) is 11.3 Å². The molecular formula is C18H19N5O2. The van der Waals surface area contributed by atoms with Crippen molar-refractivity contribution < 1.29 is 4.79 Å². The molecule has 3 rings (SSSR count). The van der Waals surface area contributed by atoms with Crippen molar-refractivity contribution in [2.24, 2.45) is 7.05 Å². The van der Waals surface area contributed by atoms with Gasteiger partial charge < -0.3 is 9.88 Å². The quantitative estimate of drug-likeness (QED) is 0.782. The maximum atomic E-state index is 12.6. The van der Waals surface area contributed by atoms with E-state index >= 15 is 0 Å². The van der Waals surface area contributed by atoms with Gasteiger partial charge in [-0.25, -0.2) is 9.97 Å². The second-order valence-corrected chi connectivity index (χ2v) is 5.85. The fraction of sp³-hybridized carbons (Fsp3) is 0.222. The smallest absolute Gasteiger partial charge is 0.263 e. The number of aryl methyl sites for hydroxylation is 2. The van der Waals surface area contributed by atoms with Crippen LogP contribution >= 0.6 is 0 Å². The van der Waals surface area contributed by atoms with Crippen LogP contribution in [0.4, 0.5) is 0 Å². The Labute approximate surface area is 145 Å². The maximum Gasteiger partial charge on any atom is 0.263 e. The van der Waals surface area contributed by atoms with Crippen LogP contribution in [0.25, 0.3) is 5.82 Å². The Kier molecular flexibility index (Phi) is 4.47. The fourth-order valence-electron chi connectivity index (χ4n) is 2.70. The predicted molar refractivity (Wildman–Crippen MR) is 93.7 cm³/mol. The van der Waals surface area contributed by atoms with Crippen molar-refractivity contribution in [1.82, 2.24) is 24.4 Å². The molecule has 0 aliphatic rings. The largest absolute Gasteiger partial charge is 0.348 e. The van der Waals surface area contributed by atoms with E-state index in [9.17, 15) is 9.59 Å². The van der Waals surface area contributed by atoms with Crippen molar-refractivity contribution >= 4 is 5.91 Å². The number of carbonyl (C=O) groups is 1. The minimum Gasteiger partial charge on any atom is -0.348 e. The van der Waals surface area contributed by atoms with Crippen LogP contribution in [0.3, 0.4) is 0 Å². The molecule has 7 nitrogen and oxygen atoms in total. The summed E-state index contributed by atoms with van der Waals surface area (Å²) in [4.78, 5) is 33.3. The van der Waals surface area contributed by atoms with Crippen molar-refractivity contribution in [3.8, 4) is 5.82 Å². The van der Waals surface area contributed by atoms with E-state index in [2.05, 4.69) is 15.3 Å². The lowest BCUT2D eigenvalue weighted by Crippen LogP contribution is -2.34. The van der Waals surface area contributed by atoms with Gasteiger partial charge in [0.05, 0.1) is 0 Å². The second kappa shape index (κ2) is 6.72. The van der Waals surface area contributed by atoms with Gasteiger partial charge in [-0.05, 0) is 31.5 Å². The number of nitrogens with one attached hydrogen (secondary N) is 1. The average molecular weight is 337 g/mol. The van der Waals surface area contributed by atoms with Gasteiger partial charge >= 0.3 is 0 Å². The Hall–Kier alpha value is -3.22. The summed E-state index contributed by atoms with van der Waals surface area (Å²) in [5.41, 5.74) is 2.18. The number of pyridine rings is 2. The molecule has 3 aromatic heterocycles. The molecule has 0 aliphatic carbocycles. The first-order valence-electron chi connectivity index (χ1n) is 7.86. The van der Waals surface area contributed by atoms with Gasteiger partial charge in [0.2, 0.25) is 0 Å². The standard InChI is InChI=1S/C18H19N5O2/c1-12-9-13(2)22(3)18(25)15(12)17(24)21-10-14-5-4-6-20-16(14)23-8-7-19-11-23/h4-9,11H,10H2,1-3H3,(H,21,24). The molecule has 3 heterocycles. The summed E-state index contributed by atoms with van der Waals surface area (Å²) in [5.74, 6) is 0.298. The van der Waals surface area contributed by atoms with E-state index in [1.165, 1.54) is 4.57 Å². The number of imidazole rings is 1. The normalized spacial score (nSPS) is 10.7. The van der Waals surface area contributed by atoms with Crippen LogP contribution in [0.5, 0.6) is 0 Å². The third kappa shape index (κ3) is 3.21. The molecule has 0 aromatic carbocycles. The molecule has 7 heteroatoms. The van der Waals surface area contributed by atoms with Gasteiger partial charge in [-0.2, -0.15) is 0 Å². The Morgan fingerprint density at radius 3 is 2.80 bits per heavy atom. The van der Waals surface area contributed by atoms with E-state index < -0.39 is 5.91 Å². The summed E-state index contributed by atoms with van der Waals surface area (Å²) in [7, 11) is 1.66. The lowest BCUT2D eigenvalue weighted by Gasteiger charge is -2.12. The molecule has 0 unspecified atom stereocenters. The van der Waals surface area contributed by atoms with Gasteiger partial charge in [-0.1, -0.05) is 6.07 Å². The number of carbonyl (C=O) groups excluding carboxylic acids is 1. The predicted octanol–water partition coefficient (Wildman–Crippen LogP) is 1.51. The minimum absolute atomic E-state index is 0.168. The van der Waals surface area contributed by atoms with Gasteiger partial charge in [-0.3, -0.25) is 14.2 Å². The summed E-state index contributed by atoms with van der Waals surface area (Å²) in [6.45, 7) is 3.87. The monoisotopic (exact) mass is 337 g/mol. The fourth-order valence-corrected chi connectivity index (χ4v) is 2.70. The van der Waals surface area contributed by atoms with Crippen LogP contribution in [0.2, 0.25) is 0 Å². The highest BCUT2D eigenvalue weighted by molar-refractivity contribution is 5.95. The number of nitrogens with zero attached hydrogens (tertiary/aromatic N) is 4. The van der Waals surface area contributed by atoms with E-state index in [1.54, 1.807) is 49.5 Å². The van der Waals surface area contributed by atoms with Crippen molar-refractivity contribution in [1.29, 1.82) is 0 Å². The molecule has 25 heavy (non-hydrogen) atoms. The first-order valence-corrected chi connectivity index (χ1v) is 7.86. The molecule has 0 aliphatic heterocycles. The summed E-state index contributed by atoms with van der Waals surface area (Å²) in [5, 5.41) is 2.82. The molecule has 0 radical (unpaired) electrons. The Bertz CT molecular complexity index is 974. The molecule has 1 N–H and O–H groups in total. The van der Waals surface area contributed by atoms with Gasteiger partial charge in [-0.15, -0.1) is 0 Å². The van der Waals surface area contributed by atoms with Gasteiger partial charge in [0.15, 0.2) is 0 Å². The zero-order chi connectivity index (χ0) is 18.0. The molecule has 128 valence electrons. The second-order valence-electron chi connectivity index (χ2n) is 5.85. The third-order valence-corrected chi connectivity index (χ3v) is 4.15. The molecule has 0 saturated carbocycles. The summed E-state index contributed by atoms with van der Waals surface area (Å²) in [6.07, 6.45) is 6.78. The lowest BCUT2D eigenvalue weighted by molar-refractivity contribution is 0.0948. The van der Waals surface area contributed by atoms with E-state index in [0.29, 0.717) is 11.4 Å². The van der Waals surface area contributed by atoms with Crippen molar-refractivity contribution in [2.75, 3.05) is 0 Å². The van der Waals surface area contributed by atoms with Gasteiger partial charge in [0.25, 0.3) is 11.5 Å². The van der Waals surface area contributed by atoms with Crippen LogP contribution < -0.4 is 10.9 Å². The number of rotatable bonds is 4. The van der Waals surface area contributed by atoms with Crippen molar-refractivity contribution in [3.05, 3.63) is 75.9 Å². The number of hydrogen-bond acceptors (Lipinski definition) is 4. The van der Waals surface area contributed by atoms with Crippen LogP contribution in [0, 0.1) is 13.8 Å². The average Bonchev–Trinajstić information content (AvgIpc) is 3.12. The van der Waals surface area contributed by atoms with Crippen molar-refractivity contribution in [3.63, 3.8) is 0 Å². The molecule has 0 atom stereocenters. The summed E-state index contributed by atoms with van der Waals surface area (Å²) in [6, 6.07) is 5.51. The maximum absolute atomic E-state index is 12.6. The topological polar surface area (TPSA) is 81.8 Å². The first-order chi connectivity index (χ1) is 12.0. The molecule has 3 aromatic rings. The molecular weight excluding hydrogens is 318 g/mol. The van der Waals surface area contributed by atoms with Crippen LogP contribution in [0.15, 0.2) is 47.9 Å². The highest BCUT2D eigenvalue weighted by Crippen LogP contribution is 2.11. The molecule has 0 spiro atoms. The Balaban J connectivity index is 1.86. The Morgan fingerprint density at radius 1 is 1.28 bits per heavy atom. The molecule has 0 bridgehead atoms. The van der Waals surface area contributed by atoms with E-state index in [-0.39, 0.29) is 17.7 Å². The highest BCUT2D eigenvalue weighted by Gasteiger charge is 2.16. The van der Waals surface area contributed by atoms with Crippen molar-refractivity contribution in [2.45, 2.75) is 20.4 Å². The zero-order valence-electron chi connectivity index (χ0n) is 14.4. The van der Waals surface area contributed by atoms with E-state index in [1.807, 2.05) is 19.1 Å². The molecule has 0 saturated heterocycles. The number of amides is 1. The minimum atomic E-state index is -0.390. The molecule has 1 amide bonds. The third-order valence-electron chi connectivity index (χ3n) is 4.15. The van der Waals surface area contributed by atoms with Crippen LogP contribution in [-0.2, 0) is 13.6 Å². The first kappa shape index (κ1) is 16.6. The summed E-state index contributed by atoms with van der Waals surface area (Å²) < 4.78 is 3.25. The summed E-state index contributed by atoms with van der Waals surface area (Å²) >= 11 is 0. The van der Waals surface area contributed by atoms with Crippen LogP contribution in [-0.4, -0.2) is 25.0 Å². The number of aromatic nitrogens is 4. The highest BCUT2D eigenvalue weighted by atomic mass is 16.2. The molecule has 0 fully saturated rings. The number of hydrogen-bond donors (Lipinski definition) is 1. The van der Waals surface area contributed by atoms with Gasteiger partial charge in [0.1, 0.15) is 17.7 Å². The Morgan fingerprint density at radius 2 is 2.08 bits per heavy atom. The lowest BCUT2D eigenvalue weighted by atomic mass is 10.1. The SMILES string of the molecule is Cc1cc(C)n(C)c(=O)c1C(=O)NCc1cccnc1-n1ccnc1. The van der Waals surface area contributed by atoms with E-state index in [4.69, 9.17) is 0 Å².